The highest BCUT2D eigenvalue weighted by atomic mass is 15.2. The second kappa shape index (κ2) is 4.88. The van der Waals surface area contributed by atoms with Crippen molar-refractivity contribution in [1.29, 1.82) is 0 Å². The molecule has 2 aliphatic rings. The molecule has 3 rings (SSSR count). The Labute approximate surface area is 109 Å². The molecule has 0 amide bonds. The second-order valence-corrected chi connectivity index (χ2v) is 6.01. The largest absolute Gasteiger partial charge is 0.359 e. The molecule has 1 aromatic heterocycles. The van der Waals surface area contributed by atoms with Crippen LogP contribution in [0.4, 0.5) is 5.82 Å². The molecule has 0 aromatic carbocycles. The molecule has 18 heavy (non-hydrogen) atoms. The molecule has 2 aliphatic carbocycles. The van der Waals surface area contributed by atoms with Crippen LogP contribution in [0.3, 0.4) is 0 Å². The van der Waals surface area contributed by atoms with Crippen molar-refractivity contribution in [2.24, 2.45) is 23.5 Å². The molecular weight excluding hydrogens is 222 g/mol. The van der Waals surface area contributed by atoms with Gasteiger partial charge in [-0.05, 0) is 49.1 Å². The van der Waals surface area contributed by atoms with Crippen molar-refractivity contribution in [3.05, 3.63) is 23.9 Å². The normalized spacial score (nSPS) is 29.8. The molecular formula is C15H23N3. The first-order chi connectivity index (χ1) is 8.76. The maximum absolute atomic E-state index is 5.65. The van der Waals surface area contributed by atoms with E-state index in [-0.39, 0.29) is 0 Å². The lowest BCUT2D eigenvalue weighted by atomic mass is 9.88. The van der Waals surface area contributed by atoms with Gasteiger partial charge in [-0.25, -0.2) is 4.98 Å². The number of hydrogen-bond donors (Lipinski definition) is 1. The summed E-state index contributed by atoms with van der Waals surface area (Å²) in [4.78, 5) is 6.91. The number of nitrogens with zero attached hydrogens (tertiary/aromatic N) is 2. The van der Waals surface area contributed by atoms with Crippen LogP contribution in [-0.2, 0) is 6.54 Å². The quantitative estimate of drug-likeness (QED) is 0.885. The fourth-order valence-corrected chi connectivity index (χ4v) is 3.84. The topological polar surface area (TPSA) is 42.1 Å². The lowest BCUT2D eigenvalue weighted by molar-refractivity contribution is 0.337. The first-order valence-electron chi connectivity index (χ1n) is 7.13. The highest BCUT2D eigenvalue weighted by Crippen LogP contribution is 2.48. The molecule has 1 aromatic rings. The van der Waals surface area contributed by atoms with E-state index in [0.717, 1.165) is 35.8 Å². The van der Waals surface area contributed by atoms with E-state index in [1.54, 1.807) is 0 Å². The molecule has 3 atom stereocenters. The van der Waals surface area contributed by atoms with Crippen molar-refractivity contribution in [2.45, 2.75) is 32.2 Å². The van der Waals surface area contributed by atoms with Crippen LogP contribution in [-0.4, -0.2) is 18.6 Å². The molecule has 3 unspecified atom stereocenters. The molecule has 0 radical (unpaired) electrons. The molecule has 3 nitrogen and oxygen atoms in total. The minimum absolute atomic E-state index is 0.524. The molecule has 3 heteroatoms. The van der Waals surface area contributed by atoms with Crippen LogP contribution in [0.15, 0.2) is 18.2 Å². The second-order valence-electron chi connectivity index (χ2n) is 6.01. The molecule has 2 saturated carbocycles. The maximum Gasteiger partial charge on any atom is 0.128 e. The molecule has 2 fully saturated rings. The SMILES string of the molecule is CN(CC1CC2CCC1C2)c1cccc(CN)n1. The van der Waals surface area contributed by atoms with E-state index in [1.807, 2.05) is 6.07 Å². The van der Waals surface area contributed by atoms with Gasteiger partial charge < -0.3 is 10.6 Å². The van der Waals surface area contributed by atoms with Crippen LogP contribution in [0.1, 0.15) is 31.4 Å². The number of nitrogens with two attached hydrogens (primary N) is 1. The van der Waals surface area contributed by atoms with Gasteiger partial charge in [0.25, 0.3) is 0 Å². The minimum Gasteiger partial charge on any atom is -0.359 e. The summed E-state index contributed by atoms with van der Waals surface area (Å²) in [7, 11) is 2.16. The van der Waals surface area contributed by atoms with E-state index in [1.165, 1.54) is 25.7 Å². The molecule has 2 bridgehead atoms. The molecule has 0 spiro atoms. The lowest BCUT2D eigenvalue weighted by Crippen LogP contribution is -2.29. The van der Waals surface area contributed by atoms with E-state index in [2.05, 4.69) is 29.1 Å². The number of anilines is 1. The molecule has 0 saturated heterocycles. The zero-order valence-electron chi connectivity index (χ0n) is 11.2. The number of pyridine rings is 1. The summed E-state index contributed by atoms with van der Waals surface area (Å²) in [5, 5.41) is 0. The third-order valence-corrected chi connectivity index (χ3v) is 4.79. The average molecular weight is 245 g/mol. The summed E-state index contributed by atoms with van der Waals surface area (Å²) in [6, 6.07) is 6.14. The highest BCUT2D eigenvalue weighted by molar-refractivity contribution is 5.38. The fourth-order valence-electron chi connectivity index (χ4n) is 3.84. The molecule has 0 aliphatic heterocycles. The smallest absolute Gasteiger partial charge is 0.128 e. The van der Waals surface area contributed by atoms with Gasteiger partial charge in [-0.2, -0.15) is 0 Å². The van der Waals surface area contributed by atoms with E-state index in [4.69, 9.17) is 5.73 Å². The van der Waals surface area contributed by atoms with Crippen molar-refractivity contribution in [3.8, 4) is 0 Å². The van der Waals surface area contributed by atoms with Crippen LogP contribution in [0.2, 0.25) is 0 Å². The van der Waals surface area contributed by atoms with Gasteiger partial charge in [-0.1, -0.05) is 12.5 Å². The van der Waals surface area contributed by atoms with E-state index >= 15 is 0 Å². The van der Waals surface area contributed by atoms with Crippen LogP contribution in [0.25, 0.3) is 0 Å². The van der Waals surface area contributed by atoms with Gasteiger partial charge in [-0.3, -0.25) is 0 Å². The Balaban J connectivity index is 1.65. The highest BCUT2D eigenvalue weighted by Gasteiger charge is 2.39. The van der Waals surface area contributed by atoms with Gasteiger partial charge >= 0.3 is 0 Å². The standard InChI is InChI=1S/C15H23N3/c1-18(15-4-2-3-14(9-16)17-15)10-13-8-11-5-6-12(13)7-11/h2-4,11-13H,5-10,16H2,1H3. The molecule has 1 heterocycles. The zero-order valence-corrected chi connectivity index (χ0v) is 11.2. The molecule has 2 N–H and O–H groups in total. The van der Waals surface area contributed by atoms with Crippen LogP contribution >= 0.6 is 0 Å². The Kier molecular flexibility index (Phi) is 3.25. The summed E-state index contributed by atoms with van der Waals surface area (Å²) in [6.07, 6.45) is 5.85. The summed E-state index contributed by atoms with van der Waals surface area (Å²) in [6.45, 7) is 1.68. The summed E-state index contributed by atoms with van der Waals surface area (Å²) >= 11 is 0. The van der Waals surface area contributed by atoms with Gasteiger partial charge in [0, 0.05) is 20.1 Å². The third-order valence-electron chi connectivity index (χ3n) is 4.79. The van der Waals surface area contributed by atoms with E-state index in [0.29, 0.717) is 6.54 Å². The molecule has 98 valence electrons. The Morgan fingerprint density at radius 2 is 2.22 bits per heavy atom. The summed E-state index contributed by atoms with van der Waals surface area (Å²) in [5.41, 5.74) is 6.63. The zero-order chi connectivity index (χ0) is 12.5. The summed E-state index contributed by atoms with van der Waals surface area (Å²) in [5.74, 6) is 3.96. The van der Waals surface area contributed by atoms with E-state index in [9.17, 15) is 0 Å². The van der Waals surface area contributed by atoms with Gasteiger partial charge in [0.05, 0.1) is 5.69 Å². The van der Waals surface area contributed by atoms with Crippen molar-refractivity contribution >= 4 is 5.82 Å². The van der Waals surface area contributed by atoms with Crippen LogP contribution in [0, 0.1) is 17.8 Å². The van der Waals surface area contributed by atoms with Gasteiger partial charge in [0.2, 0.25) is 0 Å². The Morgan fingerprint density at radius 1 is 1.33 bits per heavy atom. The third kappa shape index (κ3) is 2.24. The van der Waals surface area contributed by atoms with Crippen molar-refractivity contribution in [1.82, 2.24) is 4.98 Å². The lowest BCUT2D eigenvalue weighted by Gasteiger charge is -2.28. The Hall–Kier alpha value is -1.09. The van der Waals surface area contributed by atoms with Gasteiger partial charge in [0.1, 0.15) is 5.82 Å². The average Bonchev–Trinajstić information content (AvgIpc) is 3.01. The fraction of sp³-hybridized carbons (Fsp3) is 0.667. The van der Waals surface area contributed by atoms with Crippen molar-refractivity contribution in [3.63, 3.8) is 0 Å². The monoisotopic (exact) mass is 245 g/mol. The Morgan fingerprint density at radius 3 is 2.89 bits per heavy atom. The summed E-state index contributed by atoms with van der Waals surface area (Å²) < 4.78 is 0. The number of hydrogen-bond acceptors (Lipinski definition) is 3. The van der Waals surface area contributed by atoms with Crippen molar-refractivity contribution < 1.29 is 0 Å². The first kappa shape index (κ1) is 12.0. The Bertz CT molecular complexity index is 418. The predicted octanol–water partition coefficient (Wildman–Crippen LogP) is 2.41. The van der Waals surface area contributed by atoms with Crippen LogP contribution < -0.4 is 10.6 Å². The van der Waals surface area contributed by atoms with E-state index < -0.39 is 0 Å². The van der Waals surface area contributed by atoms with Crippen molar-refractivity contribution in [2.75, 3.05) is 18.5 Å². The first-order valence-corrected chi connectivity index (χ1v) is 7.13. The van der Waals surface area contributed by atoms with Gasteiger partial charge in [0.15, 0.2) is 0 Å². The van der Waals surface area contributed by atoms with Crippen LogP contribution in [0.5, 0.6) is 0 Å². The predicted molar refractivity (Wildman–Crippen MR) is 74.3 cm³/mol. The number of fused-ring (bicyclic) bond motifs is 2. The number of aromatic nitrogens is 1. The minimum atomic E-state index is 0.524. The maximum atomic E-state index is 5.65. The van der Waals surface area contributed by atoms with Gasteiger partial charge in [-0.15, -0.1) is 0 Å². The number of rotatable bonds is 4.